The number of carbonyl (C=O) groups excluding carboxylic acids is 1. The van der Waals surface area contributed by atoms with Gasteiger partial charge in [-0.2, -0.15) is 10.2 Å². The zero-order valence-corrected chi connectivity index (χ0v) is 20.0. The fraction of sp³-hybridized carbons (Fsp3) is 0.269. The molecule has 1 fully saturated rings. The van der Waals surface area contributed by atoms with E-state index < -0.39 is 0 Å². The number of ether oxygens (including phenoxy) is 2. The van der Waals surface area contributed by atoms with Gasteiger partial charge in [-0.25, -0.2) is 0 Å². The monoisotopic (exact) mass is 483 g/mol. The van der Waals surface area contributed by atoms with Gasteiger partial charge in [-0.1, -0.05) is 12.1 Å². The minimum atomic E-state index is -0.219. The van der Waals surface area contributed by atoms with Crippen LogP contribution in [0.15, 0.2) is 61.2 Å². The quantitative estimate of drug-likeness (QED) is 0.377. The van der Waals surface area contributed by atoms with E-state index in [4.69, 9.17) is 9.47 Å². The number of methoxy groups -OCH3 is 1. The van der Waals surface area contributed by atoms with E-state index in [0.717, 1.165) is 44.5 Å². The standard InChI is InChI=1S/C26H25N7O3/c1-16(20-4-3-5-23-26(20)28-9-8-27-23)36-19-6-7-22-21(10-19)25(31-30-22)17-11-29-33(12-17)18-13-32(14-18)24(34)15-35-2/h3-12,16,18H,13-15H2,1-2H3,(H,30,31). The third-order valence-electron chi connectivity index (χ3n) is 6.55. The lowest BCUT2D eigenvalue weighted by atomic mass is 10.1. The first-order valence-corrected chi connectivity index (χ1v) is 11.8. The lowest BCUT2D eigenvalue weighted by molar-refractivity contribution is -0.141. The Bertz CT molecular complexity index is 1550. The van der Waals surface area contributed by atoms with E-state index in [1.165, 1.54) is 7.11 Å². The topological polar surface area (TPSA) is 111 Å². The fourth-order valence-electron chi connectivity index (χ4n) is 4.60. The number of benzene rings is 2. The van der Waals surface area contributed by atoms with Crippen LogP contribution in [0.5, 0.6) is 5.75 Å². The second-order valence-corrected chi connectivity index (χ2v) is 8.91. The molecule has 0 bridgehead atoms. The highest BCUT2D eigenvalue weighted by Gasteiger charge is 2.32. The zero-order valence-electron chi connectivity index (χ0n) is 20.0. The van der Waals surface area contributed by atoms with Crippen molar-refractivity contribution in [3.63, 3.8) is 0 Å². The Morgan fingerprint density at radius 2 is 2.06 bits per heavy atom. The number of carbonyl (C=O) groups is 1. The summed E-state index contributed by atoms with van der Waals surface area (Å²) in [6, 6.07) is 12.0. The average molecular weight is 484 g/mol. The van der Waals surface area contributed by atoms with Crippen molar-refractivity contribution in [2.24, 2.45) is 0 Å². The average Bonchev–Trinajstić information content (AvgIpc) is 3.50. The summed E-state index contributed by atoms with van der Waals surface area (Å²) < 4.78 is 13.2. The maximum atomic E-state index is 11.9. The van der Waals surface area contributed by atoms with Gasteiger partial charge in [0.05, 0.1) is 28.8 Å². The molecule has 5 aromatic rings. The van der Waals surface area contributed by atoms with Crippen molar-refractivity contribution in [1.82, 2.24) is 34.8 Å². The van der Waals surface area contributed by atoms with E-state index in [1.54, 1.807) is 23.5 Å². The van der Waals surface area contributed by atoms with Gasteiger partial charge in [-0.05, 0) is 31.2 Å². The van der Waals surface area contributed by atoms with Crippen LogP contribution in [0.2, 0.25) is 0 Å². The number of nitrogens with zero attached hydrogens (tertiary/aromatic N) is 6. The van der Waals surface area contributed by atoms with Crippen molar-refractivity contribution >= 4 is 27.8 Å². The normalized spacial score (nSPS) is 14.8. The smallest absolute Gasteiger partial charge is 0.248 e. The first-order chi connectivity index (χ1) is 17.6. The Labute approximate surface area is 206 Å². The molecule has 1 aliphatic rings. The largest absolute Gasteiger partial charge is 0.486 e. The SMILES string of the molecule is COCC(=O)N1CC(n2cc(-c3n[nH]c4ccc(OC(C)c5cccc6nccnc56)cc34)cn2)C1. The predicted molar refractivity (Wildman–Crippen MR) is 133 cm³/mol. The Morgan fingerprint density at radius 1 is 1.19 bits per heavy atom. The lowest BCUT2D eigenvalue weighted by Crippen LogP contribution is -2.51. The number of H-pyrrole nitrogens is 1. The Morgan fingerprint density at radius 3 is 2.92 bits per heavy atom. The molecule has 4 heterocycles. The van der Waals surface area contributed by atoms with Gasteiger partial charge in [0.15, 0.2) is 0 Å². The van der Waals surface area contributed by atoms with Gasteiger partial charge >= 0.3 is 0 Å². The summed E-state index contributed by atoms with van der Waals surface area (Å²) in [6.45, 7) is 3.36. The maximum Gasteiger partial charge on any atom is 0.248 e. The molecule has 0 spiro atoms. The van der Waals surface area contributed by atoms with Crippen LogP contribution in [0.25, 0.3) is 33.2 Å². The van der Waals surface area contributed by atoms with Crippen molar-refractivity contribution in [1.29, 1.82) is 0 Å². The van der Waals surface area contributed by atoms with E-state index in [1.807, 2.05) is 54.2 Å². The third kappa shape index (κ3) is 3.95. The number of amides is 1. The third-order valence-corrected chi connectivity index (χ3v) is 6.55. The highest BCUT2D eigenvalue weighted by molar-refractivity contribution is 5.93. The summed E-state index contributed by atoms with van der Waals surface area (Å²) in [5.41, 5.74) is 5.27. The molecule has 1 saturated heterocycles. The molecule has 1 atom stereocenters. The van der Waals surface area contributed by atoms with Gasteiger partial charge in [0, 0.05) is 55.3 Å². The van der Waals surface area contributed by atoms with Crippen LogP contribution >= 0.6 is 0 Å². The predicted octanol–water partition coefficient (Wildman–Crippen LogP) is 3.54. The molecule has 1 N–H and O–H groups in total. The van der Waals surface area contributed by atoms with Crippen LogP contribution in [0.4, 0.5) is 0 Å². The Balaban J connectivity index is 1.22. The van der Waals surface area contributed by atoms with Crippen molar-refractivity contribution in [2.45, 2.75) is 19.1 Å². The molecule has 10 nitrogen and oxygen atoms in total. The summed E-state index contributed by atoms with van der Waals surface area (Å²) in [5.74, 6) is 0.731. The van der Waals surface area contributed by atoms with Crippen LogP contribution in [0.3, 0.4) is 0 Å². The molecule has 1 aliphatic heterocycles. The van der Waals surface area contributed by atoms with Gasteiger partial charge in [0.2, 0.25) is 5.91 Å². The fourth-order valence-corrected chi connectivity index (χ4v) is 4.60. The number of likely N-dealkylation sites (tertiary alicyclic amines) is 1. The van der Waals surface area contributed by atoms with Crippen LogP contribution in [0.1, 0.15) is 24.6 Å². The highest BCUT2D eigenvalue weighted by atomic mass is 16.5. The summed E-state index contributed by atoms with van der Waals surface area (Å²) in [6.07, 6.45) is 6.95. The van der Waals surface area contributed by atoms with Crippen molar-refractivity contribution in [3.05, 3.63) is 66.7 Å². The number of aromatic amines is 1. The van der Waals surface area contributed by atoms with E-state index in [-0.39, 0.29) is 24.7 Å². The second-order valence-electron chi connectivity index (χ2n) is 8.91. The number of para-hydroxylation sites is 1. The number of fused-ring (bicyclic) bond motifs is 2. The first-order valence-electron chi connectivity index (χ1n) is 11.8. The van der Waals surface area contributed by atoms with E-state index in [9.17, 15) is 4.79 Å². The van der Waals surface area contributed by atoms with Crippen LogP contribution < -0.4 is 4.74 Å². The molecule has 2 aromatic carbocycles. The maximum absolute atomic E-state index is 11.9. The highest BCUT2D eigenvalue weighted by Crippen LogP contribution is 2.33. The molecule has 1 amide bonds. The molecule has 0 aliphatic carbocycles. The summed E-state index contributed by atoms with van der Waals surface area (Å²) >= 11 is 0. The molecule has 36 heavy (non-hydrogen) atoms. The molecular formula is C26H25N7O3. The van der Waals surface area contributed by atoms with Gasteiger partial charge in [0.25, 0.3) is 0 Å². The molecule has 182 valence electrons. The van der Waals surface area contributed by atoms with E-state index >= 15 is 0 Å². The van der Waals surface area contributed by atoms with E-state index in [2.05, 4.69) is 25.3 Å². The van der Waals surface area contributed by atoms with Crippen molar-refractivity contribution < 1.29 is 14.3 Å². The zero-order chi connectivity index (χ0) is 24.6. The minimum absolute atomic E-state index is 0.00303. The number of hydrogen-bond acceptors (Lipinski definition) is 7. The summed E-state index contributed by atoms with van der Waals surface area (Å²) in [7, 11) is 1.53. The second kappa shape index (κ2) is 9.04. The number of hydrogen-bond donors (Lipinski definition) is 1. The van der Waals surface area contributed by atoms with E-state index in [0.29, 0.717) is 13.1 Å². The lowest BCUT2D eigenvalue weighted by Gasteiger charge is -2.39. The summed E-state index contributed by atoms with van der Waals surface area (Å²) in [5, 5.41) is 13.1. The Kier molecular flexibility index (Phi) is 5.57. The van der Waals surface area contributed by atoms with Crippen molar-refractivity contribution in [2.75, 3.05) is 26.8 Å². The molecule has 1 unspecified atom stereocenters. The number of rotatable bonds is 7. The molecule has 6 rings (SSSR count). The molecule has 3 aromatic heterocycles. The molecule has 0 radical (unpaired) electrons. The number of nitrogens with one attached hydrogen (secondary N) is 1. The van der Waals surface area contributed by atoms with Gasteiger partial charge < -0.3 is 14.4 Å². The first kappa shape index (κ1) is 22.2. The molecule has 10 heteroatoms. The number of aromatic nitrogens is 6. The van der Waals surface area contributed by atoms with Crippen LogP contribution in [-0.2, 0) is 9.53 Å². The van der Waals surface area contributed by atoms with Gasteiger partial charge in [0.1, 0.15) is 24.2 Å². The van der Waals surface area contributed by atoms with Crippen LogP contribution in [0, 0.1) is 0 Å². The van der Waals surface area contributed by atoms with Gasteiger partial charge in [-0.15, -0.1) is 0 Å². The molecule has 0 saturated carbocycles. The van der Waals surface area contributed by atoms with Gasteiger partial charge in [-0.3, -0.25) is 24.5 Å². The molecular weight excluding hydrogens is 458 g/mol. The Hall–Kier alpha value is -4.31. The summed E-state index contributed by atoms with van der Waals surface area (Å²) in [4.78, 5) is 22.6. The van der Waals surface area contributed by atoms with Crippen LogP contribution in [-0.4, -0.2) is 67.6 Å². The minimum Gasteiger partial charge on any atom is -0.486 e. The van der Waals surface area contributed by atoms with Crippen molar-refractivity contribution in [3.8, 4) is 17.0 Å².